The zero-order valence-corrected chi connectivity index (χ0v) is 13.4. The first-order valence-electron chi connectivity index (χ1n) is 7.06. The van der Waals surface area contributed by atoms with E-state index in [1.165, 1.54) is 6.07 Å². The number of aryl methyl sites for hydroxylation is 1. The van der Waals surface area contributed by atoms with Crippen LogP contribution in [0.4, 0.5) is 4.39 Å². The molecule has 6 heteroatoms. The molecule has 21 heavy (non-hydrogen) atoms. The Morgan fingerprint density at radius 1 is 1.29 bits per heavy atom. The van der Waals surface area contributed by atoms with E-state index in [0.717, 1.165) is 25.1 Å². The summed E-state index contributed by atoms with van der Waals surface area (Å²) >= 11 is 6.12. The van der Waals surface area contributed by atoms with Crippen molar-refractivity contribution in [1.82, 2.24) is 5.32 Å². The van der Waals surface area contributed by atoms with E-state index in [1.807, 2.05) is 6.92 Å². The maximum atomic E-state index is 13.9. The number of halogens is 3. The molecule has 2 aliphatic rings. The van der Waals surface area contributed by atoms with E-state index in [4.69, 9.17) is 16.3 Å². The van der Waals surface area contributed by atoms with Crippen LogP contribution in [0.5, 0.6) is 5.75 Å². The van der Waals surface area contributed by atoms with Crippen molar-refractivity contribution < 1.29 is 14.2 Å². The van der Waals surface area contributed by atoms with Gasteiger partial charge in [-0.25, -0.2) is 4.39 Å². The van der Waals surface area contributed by atoms with E-state index >= 15 is 0 Å². The van der Waals surface area contributed by atoms with Crippen LogP contribution in [0.25, 0.3) is 0 Å². The number of aliphatic hydroxyl groups excluding tert-OH is 1. The van der Waals surface area contributed by atoms with Crippen molar-refractivity contribution in [1.29, 1.82) is 0 Å². The number of hydrogen-bond donors (Lipinski definition) is 2. The van der Waals surface area contributed by atoms with E-state index in [2.05, 4.69) is 5.32 Å². The van der Waals surface area contributed by atoms with Crippen molar-refractivity contribution in [2.24, 2.45) is 11.8 Å². The Balaban J connectivity index is 0.00000161. The van der Waals surface area contributed by atoms with Gasteiger partial charge in [0.2, 0.25) is 0 Å². The number of hydrogen-bond acceptors (Lipinski definition) is 3. The quantitative estimate of drug-likeness (QED) is 0.873. The summed E-state index contributed by atoms with van der Waals surface area (Å²) in [6, 6.07) is 2.98. The standard InChI is InChI=1S/C15H19ClFNO2.ClH/c1-8-2-3-11(17)15(14(8)16)20-13-5-10-7-18-6-9(10)4-12(13)19;/h2-3,9-10,12-13,18-19H,4-7H2,1H3;1H/t9-,10+,12+,13+;/m0./s1. The molecule has 0 amide bonds. The van der Waals surface area contributed by atoms with Gasteiger partial charge in [0, 0.05) is 0 Å². The second-order valence-electron chi connectivity index (χ2n) is 5.88. The highest BCUT2D eigenvalue weighted by Gasteiger charge is 2.40. The molecule has 1 aliphatic carbocycles. The van der Waals surface area contributed by atoms with E-state index in [9.17, 15) is 9.50 Å². The Labute approximate surface area is 135 Å². The third kappa shape index (κ3) is 3.29. The molecule has 1 aromatic rings. The Morgan fingerprint density at radius 2 is 1.95 bits per heavy atom. The molecule has 2 fully saturated rings. The molecule has 4 atom stereocenters. The summed E-state index contributed by atoms with van der Waals surface area (Å²) in [4.78, 5) is 0. The van der Waals surface area contributed by atoms with Gasteiger partial charge < -0.3 is 15.2 Å². The van der Waals surface area contributed by atoms with Crippen molar-refractivity contribution in [2.45, 2.75) is 32.0 Å². The van der Waals surface area contributed by atoms with Crippen LogP contribution in [0.2, 0.25) is 5.02 Å². The number of benzene rings is 1. The zero-order chi connectivity index (χ0) is 14.3. The van der Waals surface area contributed by atoms with E-state index in [-0.39, 0.29) is 24.3 Å². The molecule has 1 saturated heterocycles. The van der Waals surface area contributed by atoms with Gasteiger partial charge >= 0.3 is 0 Å². The number of rotatable bonds is 2. The number of ether oxygens (including phenoxy) is 1. The third-order valence-electron chi connectivity index (χ3n) is 4.50. The second kappa shape index (κ2) is 6.69. The van der Waals surface area contributed by atoms with Gasteiger partial charge in [-0.2, -0.15) is 0 Å². The van der Waals surface area contributed by atoms with Crippen LogP contribution in [0.15, 0.2) is 12.1 Å². The summed E-state index contributed by atoms with van der Waals surface area (Å²) in [5.41, 5.74) is 0.772. The molecule has 2 N–H and O–H groups in total. The van der Waals surface area contributed by atoms with Crippen LogP contribution in [0.1, 0.15) is 18.4 Å². The Hall–Kier alpha value is -0.550. The summed E-state index contributed by atoms with van der Waals surface area (Å²) < 4.78 is 19.6. The van der Waals surface area contributed by atoms with Gasteiger partial charge in [0.1, 0.15) is 6.10 Å². The summed E-state index contributed by atoms with van der Waals surface area (Å²) in [5, 5.41) is 13.8. The highest BCUT2D eigenvalue weighted by atomic mass is 35.5. The van der Waals surface area contributed by atoms with E-state index in [0.29, 0.717) is 23.3 Å². The summed E-state index contributed by atoms with van der Waals surface area (Å²) in [6.07, 6.45) is 0.493. The summed E-state index contributed by atoms with van der Waals surface area (Å²) in [7, 11) is 0. The monoisotopic (exact) mass is 335 g/mol. The SMILES string of the molecule is Cc1ccc(F)c(O[C@@H]2C[C@@H]3CNC[C@@H]3C[C@H]2O)c1Cl.Cl. The third-order valence-corrected chi connectivity index (χ3v) is 4.97. The average molecular weight is 336 g/mol. The molecule has 3 rings (SSSR count). The van der Waals surface area contributed by atoms with Gasteiger partial charge in [-0.05, 0) is 56.3 Å². The molecule has 118 valence electrons. The van der Waals surface area contributed by atoms with Crippen LogP contribution < -0.4 is 10.1 Å². The topological polar surface area (TPSA) is 41.5 Å². The predicted molar refractivity (Wildman–Crippen MR) is 82.9 cm³/mol. The predicted octanol–water partition coefficient (Wildman–Crippen LogP) is 2.95. The average Bonchev–Trinajstić information content (AvgIpc) is 2.86. The number of nitrogens with one attached hydrogen (secondary N) is 1. The first-order chi connectivity index (χ1) is 9.56. The maximum absolute atomic E-state index is 13.9. The van der Waals surface area contributed by atoms with Crippen molar-refractivity contribution >= 4 is 24.0 Å². The molecule has 1 saturated carbocycles. The lowest BCUT2D eigenvalue weighted by Gasteiger charge is -2.35. The van der Waals surface area contributed by atoms with Crippen molar-refractivity contribution in [3.05, 3.63) is 28.5 Å². The van der Waals surface area contributed by atoms with E-state index in [1.54, 1.807) is 6.07 Å². The van der Waals surface area contributed by atoms with Crippen molar-refractivity contribution in [3.63, 3.8) is 0 Å². The normalized spacial score (nSPS) is 31.4. The molecule has 0 bridgehead atoms. The Kier molecular flexibility index (Phi) is 5.36. The zero-order valence-electron chi connectivity index (χ0n) is 11.8. The lowest BCUT2D eigenvalue weighted by molar-refractivity contribution is -0.0246. The van der Waals surface area contributed by atoms with Crippen molar-refractivity contribution in [2.75, 3.05) is 13.1 Å². The van der Waals surface area contributed by atoms with E-state index < -0.39 is 11.9 Å². The van der Waals surface area contributed by atoms with Gasteiger partial charge in [-0.3, -0.25) is 0 Å². The summed E-state index contributed by atoms with van der Waals surface area (Å²) in [5.74, 6) is 0.595. The minimum absolute atomic E-state index is 0. The van der Waals surface area contributed by atoms with Crippen LogP contribution in [-0.2, 0) is 0 Å². The molecule has 1 heterocycles. The molecule has 0 aromatic heterocycles. The van der Waals surface area contributed by atoms with Crippen LogP contribution in [-0.4, -0.2) is 30.4 Å². The van der Waals surface area contributed by atoms with Crippen molar-refractivity contribution in [3.8, 4) is 5.75 Å². The van der Waals surface area contributed by atoms with Crippen LogP contribution in [0, 0.1) is 24.6 Å². The molecule has 1 aliphatic heterocycles. The Bertz CT molecular complexity index is 515. The van der Waals surface area contributed by atoms with Gasteiger partial charge in [-0.15, -0.1) is 12.4 Å². The number of fused-ring (bicyclic) bond motifs is 1. The fourth-order valence-corrected chi connectivity index (χ4v) is 3.47. The van der Waals surface area contributed by atoms with Gasteiger partial charge in [-0.1, -0.05) is 17.7 Å². The lowest BCUT2D eigenvalue weighted by Crippen LogP contribution is -2.42. The molecular weight excluding hydrogens is 316 g/mol. The molecule has 1 aromatic carbocycles. The molecule has 0 radical (unpaired) electrons. The highest BCUT2D eigenvalue weighted by molar-refractivity contribution is 6.32. The molecule has 0 unspecified atom stereocenters. The smallest absolute Gasteiger partial charge is 0.174 e. The molecular formula is C15H20Cl2FNO2. The first-order valence-corrected chi connectivity index (χ1v) is 7.44. The fourth-order valence-electron chi connectivity index (χ4n) is 3.27. The fraction of sp³-hybridized carbons (Fsp3) is 0.600. The lowest BCUT2D eigenvalue weighted by atomic mass is 9.78. The Morgan fingerprint density at radius 3 is 2.67 bits per heavy atom. The van der Waals surface area contributed by atoms with Crippen LogP contribution in [0.3, 0.4) is 0 Å². The van der Waals surface area contributed by atoms with Gasteiger partial charge in [0.05, 0.1) is 11.1 Å². The molecule has 3 nitrogen and oxygen atoms in total. The van der Waals surface area contributed by atoms with Gasteiger partial charge in [0.15, 0.2) is 11.6 Å². The first kappa shape index (κ1) is 16.8. The van der Waals surface area contributed by atoms with Gasteiger partial charge in [0.25, 0.3) is 0 Å². The molecule has 0 spiro atoms. The number of aliphatic hydroxyl groups is 1. The summed E-state index contributed by atoms with van der Waals surface area (Å²) in [6.45, 7) is 3.71. The maximum Gasteiger partial charge on any atom is 0.174 e. The largest absolute Gasteiger partial charge is 0.483 e. The second-order valence-corrected chi connectivity index (χ2v) is 6.26. The highest BCUT2D eigenvalue weighted by Crippen LogP contribution is 2.38. The minimum Gasteiger partial charge on any atom is -0.483 e. The minimum atomic E-state index is -0.563. The van der Waals surface area contributed by atoms with Crippen LogP contribution >= 0.6 is 24.0 Å².